The van der Waals surface area contributed by atoms with Crippen LogP contribution in [0.4, 0.5) is 13.2 Å². The van der Waals surface area contributed by atoms with Gasteiger partial charge < -0.3 is 26.3 Å². The van der Waals surface area contributed by atoms with Gasteiger partial charge in [-0.2, -0.15) is 13.2 Å². The molecule has 0 unspecified atom stereocenters. The van der Waals surface area contributed by atoms with Gasteiger partial charge in [0.25, 0.3) is 5.56 Å². The number of hydrogen-bond acceptors (Lipinski definition) is 6. The molecule has 0 bridgehead atoms. The number of carbonyl (C=O) groups excluding carboxylic acids is 4. The van der Waals surface area contributed by atoms with Gasteiger partial charge >= 0.3 is 12.1 Å². The average molecular weight is 579 g/mol. The van der Waals surface area contributed by atoms with E-state index in [1.54, 1.807) is 11.4 Å². The molecule has 4 rings (SSSR count). The molecule has 4 amide bonds. The van der Waals surface area contributed by atoms with Gasteiger partial charge in [0.2, 0.25) is 17.7 Å². The van der Waals surface area contributed by atoms with Gasteiger partial charge in [0.15, 0.2) is 0 Å². The topological polar surface area (TPSA) is 167 Å². The van der Waals surface area contributed by atoms with E-state index in [1.807, 2.05) is 13.8 Å². The summed E-state index contributed by atoms with van der Waals surface area (Å²) in [6.45, 7) is 8.41. The number of amides is 4. The summed E-state index contributed by atoms with van der Waals surface area (Å²) in [5.74, 6) is -5.21. The van der Waals surface area contributed by atoms with Crippen LogP contribution in [0.2, 0.25) is 0 Å². The standard InChI is InChI=1S/C27H33F3N6O5/c1-25(2,3)19(35-24(41)27(28,29)30)23(40)36-11-14-17(26(14,4)5)18(36)22(39)34-16(20(31)37)9-12-8-13-10-32-7-6-15(13)33-21(12)38/h6-8,10,14,16-19H,9,11H2,1-5H3,(H2,31,37)(H,33,38)(H,34,39)(H,35,41)/t14-,16+,17-,18-,19+/m0/s1. The number of primary amides is 1. The number of alkyl halides is 3. The van der Waals surface area contributed by atoms with Gasteiger partial charge in [-0.25, -0.2) is 0 Å². The molecule has 1 saturated heterocycles. The molecule has 2 aliphatic rings. The number of nitrogens with zero attached hydrogens (tertiary/aromatic N) is 2. The van der Waals surface area contributed by atoms with Crippen molar-refractivity contribution < 1.29 is 32.3 Å². The number of piperidine rings is 1. The van der Waals surface area contributed by atoms with Crippen LogP contribution in [0.25, 0.3) is 10.9 Å². The van der Waals surface area contributed by atoms with Crippen LogP contribution in [0, 0.1) is 22.7 Å². The Morgan fingerprint density at radius 3 is 2.44 bits per heavy atom. The normalized spacial score (nSPS) is 22.9. The average Bonchev–Trinajstić information content (AvgIpc) is 3.18. The lowest BCUT2D eigenvalue weighted by atomic mass is 9.85. The molecule has 14 heteroatoms. The van der Waals surface area contributed by atoms with Gasteiger partial charge in [-0.15, -0.1) is 0 Å². The highest BCUT2D eigenvalue weighted by Crippen LogP contribution is 2.65. The second kappa shape index (κ2) is 10.1. The van der Waals surface area contributed by atoms with E-state index >= 15 is 0 Å². The van der Waals surface area contributed by atoms with Crippen molar-refractivity contribution in [2.24, 2.45) is 28.4 Å². The number of halogens is 3. The van der Waals surface area contributed by atoms with Crippen LogP contribution in [-0.4, -0.2) is 69.3 Å². The first-order valence-electron chi connectivity index (χ1n) is 13.1. The molecule has 0 spiro atoms. The number of nitrogens with one attached hydrogen (secondary N) is 3. The Labute approximate surface area is 233 Å². The van der Waals surface area contributed by atoms with Crippen molar-refractivity contribution in [3.8, 4) is 0 Å². The molecule has 11 nitrogen and oxygen atoms in total. The van der Waals surface area contributed by atoms with E-state index in [1.165, 1.54) is 44.1 Å². The molecule has 2 aromatic rings. The van der Waals surface area contributed by atoms with Gasteiger partial charge in [-0.3, -0.25) is 29.0 Å². The summed E-state index contributed by atoms with van der Waals surface area (Å²) >= 11 is 0. The van der Waals surface area contributed by atoms with Gasteiger partial charge in [0.05, 0.1) is 5.52 Å². The third kappa shape index (κ3) is 5.77. The quantitative estimate of drug-likeness (QED) is 0.383. The fraction of sp³-hybridized carbons (Fsp3) is 0.556. The maximum atomic E-state index is 13.7. The number of fused-ring (bicyclic) bond motifs is 2. The minimum atomic E-state index is -5.21. The fourth-order valence-electron chi connectivity index (χ4n) is 5.78. The molecule has 41 heavy (non-hydrogen) atoms. The molecule has 222 valence electrons. The molecular formula is C27H33F3N6O5. The number of rotatable bonds is 7. The summed E-state index contributed by atoms with van der Waals surface area (Å²) in [6.07, 6.45) is -2.43. The first-order valence-corrected chi connectivity index (χ1v) is 13.1. The summed E-state index contributed by atoms with van der Waals surface area (Å²) in [5, 5.41) is 4.95. The summed E-state index contributed by atoms with van der Waals surface area (Å²) in [6, 6.07) is -0.888. The minimum absolute atomic E-state index is 0.0850. The largest absolute Gasteiger partial charge is 0.471 e. The summed E-state index contributed by atoms with van der Waals surface area (Å²) in [4.78, 5) is 71.9. The fourth-order valence-corrected chi connectivity index (χ4v) is 5.78. The number of likely N-dealkylation sites (tertiary alicyclic amines) is 1. The van der Waals surface area contributed by atoms with E-state index < -0.39 is 58.9 Å². The van der Waals surface area contributed by atoms with E-state index in [-0.39, 0.29) is 35.8 Å². The second-order valence-electron chi connectivity index (χ2n) is 12.4. The molecule has 2 fully saturated rings. The van der Waals surface area contributed by atoms with Crippen molar-refractivity contribution in [3.05, 3.63) is 40.4 Å². The van der Waals surface area contributed by atoms with E-state index in [0.29, 0.717) is 10.9 Å². The van der Waals surface area contributed by atoms with Crippen molar-refractivity contribution in [2.45, 2.75) is 65.3 Å². The SMILES string of the molecule is CC(C)(C)[C@H](NC(=O)C(F)(F)F)C(=O)N1C[C@H]2[C@@H]([C@H]1C(=O)N[C@H](Cc1cc3cnccc3[nH]c1=O)C(N)=O)C2(C)C. The van der Waals surface area contributed by atoms with Crippen molar-refractivity contribution in [3.63, 3.8) is 0 Å². The Balaban J connectivity index is 1.60. The lowest BCUT2D eigenvalue weighted by Crippen LogP contribution is -2.61. The highest BCUT2D eigenvalue weighted by atomic mass is 19.4. The van der Waals surface area contributed by atoms with Crippen molar-refractivity contribution in [2.75, 3.05) is 6.54 Å². The molecular weight excluding hydrogens is 545 g/mol. The van der Waals surface area contributed by atoms with Crippen LogP contribution >= 0.6 is 0 Å². The molecule has 5 N–H and O–H groups in total. The molecule has 1 saturated carbocycles. The van der Waals surface area contributed by atoms with Crippen LogP contribution in [0.3, 0.4) is 0 Å². The van der Waals surface area contributed by atoms with Crippen molar-refractivity contribution >= 4 is 34.5 Å². The molecule has 0 radical (unpaired) electrons. The predicted octanol–water partition coefficient (Wildman–Crippen LogP) is 1.01. The highest BCUT2D eigenvalue weighted by molar-refractivity contribution is 5.96. The zero-order valence-electron chi connectivity index (χ0n) is 23.3. The van der Waals surface area contributed by atoms with E-state index in [9.17, 15) is 37.1 Å². The van der Waals surface area contributed by atoms with Crippen molar-refractivity contribution in [1.29, 1.82) is 0 Å². The number of nitrogens with two attached hydrogens (primary N) is 1. The van der Waals surface area contributed by atoms with Crippen LogP contribution in [0.1, 0.15) is 40.2 Å². The lowest BCUT2D eigenvalue weighted by Gasteiger charge is -2.38. The second-order valence-corrected chi connectivity index (χ2v) is 12.4. The summed E-state index contributed by atoms with van der Waals surface area (Å²) in [5.41, 5.74) is 4.31. The molecule has 1 aliphatic heterocycles. The number of pyridine rings is 2. The minimum Gasteiger partial charge on any atom is -0.368 e. The number of carbonyl (C=O) groups is 4. The van der Waals surface area contributed by atoms with Crippen LogP contribution in [0.15, 0.2) is 29.3 Å². The Kier molecular flexibility index (Phi) is 7.42. The Morgan fingerprint density at radius 2 is 1.85 bits per heavy atom. The van der Waals surface area contributed by atoms with Crippen LogP contribution in [-0.2, 0) is 25.6 Å². The monoisotopic (exact) mass is 578 g/mol. The van der Waals surface area contributed by atoms with Gasteiger partial charge in [-0.1, -0.05) is 34.6 Å². The van der Waals surface area contributed by atoms with Gasteiger partial charge in [0, 0.05) is 36.3 Å². The van der Waals surface area contributed by atoms with Crippen molar-refractivity contribution in [1.82, 2.24) is 25.5 Å². The Morgan fingerprint density at radius 1 is 1.20 bits per heavy atom. The third-order valence-electron chi connectivity index (χ3n) is 8.21. The Hall–Kier alpha value is -3.97. The summed E-state index contributed by atoms with van der Waals surface area (Å²) in [7, 11) is 0. The molecule has 3 heterocycles. The van der Waals surface area contributed by atoms with E-state index in [0.717, 1.165) is 0 Å². The van der Waals surface area contributed by atoms with E-state index in [4.69, 9.17) is 5.73 Å². The Bertz CT molecular complexity index is 1460. The number of aromatic amines is 1. The maximum Gasteiger partial charge on any atom is 0.471 e. The first kappa shape index (κ1) is 30.0. The lowest BCUT2D eigenvalue weighted by molar-refractivity contribution is -0.176. The first-order chi connectivity index (χ1) is 18.8. The van der Waals surface area contributed by atoms with Gasteiger partial charge in [0.1, 0.15) is 18.1 Å². The maximum absolute atomic E-state index is 13.7. The number of hydrogen-bond donors (Lipinski definition) is 4. The van der Waals surface area contributed by atoms with Gasteiger partial charge in [-0.05, 0) is 34.8 Å². The molecule has 2 aromatic heterocycles. The van der Waals surface area contributed by atoms with Crippen LogP contribution in [0.5, 0.6) is 0 Å². The number of aromatic nitrogens is 2. The predicted molar refractivity (Wildman–Crippen MR) is 141 cm³/mol. The van der Waals surface area contributed by atoms with Crippen LogP contribution < -0.4 is 21.9 Å². The molecule has 0 aromatic carbocycles. The number of H-pyrrole nitrogens is 1. The zero-order valence-corrected chi connectivity index (χ0v) is 23.3. The smallest absolute Gasteiger partial charge is 0.368 e. The molecule has 5 atom stereocenters. The molecule has 1 aliphatic carbocycles. The highest BCUT2D eigenvalue weighted by Gasteiger charge is 2.70. The zero-order chi connectivity index (χ0) is 30.7. The third-order valence-corrected chi connectivity index (χ3v) is 8.21. The van der Waals surface area contributed by atoms with E-state index in [2.05, 4.69) is 15.3 Å². The summed E-state index contributed by atoms with van der Waals surface area (Å²) < 4.78 is 39.2.